The monoisotopic (exact) mass is 277 g/mol. The van der Waals surface area contributed by atoms with Crippen molar-refractivity contribution in [1.29, 1.82) is 0 Å². The molecule has 1 heterocycles. The van der Waals surface area contributed by atoms with Gasteiger partial charge in [0.25, 0.3) is 0 Å². The van der Waals surface area contributed by atoms with Crippen LogP contribution >= 0.6 is 11.3 Å². The van der Waals surface area contributed by atoms with Gasteiger partial charge in [0.1, 0.15) is 0 Å². The van der Waals surface area contributed by atoms with Crippen LogP contribution in [0.1, 0.15) is 42.5 Å². The Balaban J connectivity index is 1.73. The van der Waals surface area contributed by atoms with Gasteiger partial charge in [-0.1, -0.05) is 18.3 Å². The lowest BCUT2D eigenvalue weighted by molar-refractivity contribution is -0.122. The molecule has 0 radical (unpaired) electrons. The molecule has 0 aromatic carbocycles. The molecule has 0 spiro atoms. The van der Waals surface area contributed by atoms with E-state index in [1.807, 2.05) is 11.4 Å². The summed E-state index contributed by atoms with van der Waals surface area (Å²) in [6.07, 6.45) is 4.87. The minimum Gasteiger partial charge on any atom is -0.395 e. The molecular weight excluding hydrogens is 258 g/mol. The Morgan fingerprint density at radius 2 is 2.37 bits per heavy atom. The second kappa shape index (κ2) is 7.32. The van der Waals surface area contributed by atoms with Crippen molar-refractivity contribution in [1.82, 2.24) is 5.32 Å². The molecule has 4 heteroatoms. The van der Waals surface area contributed by atoms with Crippen molar-refractivity contribution in [3.05, 3.63) is 21.9 Å². The first-order chi connectivity index (χ1) is 9.28. The maximum Gasteiger partial charge on any atom is 0.220 e. The van der Waals surface area contributed by atoms with E-state index < -0.39 is 0 Å². The number of rotatable bonds is 5. The molecule has 0 atom stereocenters. The van der Waals surface area contributed by atoms with Crippen molar-refractivity contribution in [2.24, 2.45) is 5.92 Å². The molecule has 1 saturated carbocycles. The van der Waals surface area contributed by atoms with Crippen LogP contribution in [0.3, 0.4) is 0 Å². The lowest BCUT2D eigenvalue weighted by Crippen LogP contribution is -2.27. The largest absolute Gasteiger partial charge is 0.395 e. The van der Waals surface area contributed by atoms with Crippen molar-refractivity contribution < 1.29 is 9.90 Å². The van der Waals surface area contributed by atoms with E-state index in [1.54, 1.807) is 11.3 Å². The van der Waals surface area contributed by atoms with Gasteiger partial charge >= 0.3 is 0 Å². The van der Waals surface area contributed by atoms with E-state index in [-0.39, 0.29) is 12.5 Å². The fraction of sp³-hybridized carbons (Fsp3) is 0.533. The first-order valence-corrected chi connectivity index (χ1v) is 7.59. The third-order valence-corrected chi connectivity index (χ3v) is 4.22. The molecule has 1 aliphatic carbocycles. The second-order valence-electron chi connectivity index (χ2n) is 4.85. The van der Waals surface area contributed by atoms with E-state index in [1.165, 1.54) is 19.3 Å². The molecule has 0 aliphatic heterocycles. The second-order valence-corrected chi connectivity index (χ2v) is 5.85. The normalized spacial score (nSPS) is 14.4. The van der Waals surface area contributed by atoms with Crippen LogP contribution in [0.25, 0.3) is 0 Å². The van der Waals surface area contributed by atoms with E-state index in [0.717, 1.165) is 10.4 Å². The van der Waals surface area contributed by atoms with Crippen molar-refractivity contribution in [3.63, 3.8) is 0 Å². The Labute approximate surface area is 118 Å². The van der Waals surface area contributed by atoms with Gasteiger partial charge in [-0.15, -0.1) is 11.3 Å². The summed E-state index contributed by atoms with van der Waals surface area (Å²) in [5, 5.41) is 13.6. The SMILES string of the molecule is O=C(CC1CCC1)NCc1cc(C#CCCO)cs1. The van der Waals surface area contributed by atoms with Crippen molar-refractivity contribution in [2.75, 3.05) is 6.61 Å². The molecule has 0 saturated heterocycles. The highest BCUT2D eigenvalue weighted by atomic mass is 32.1. The van der Waals surface area contributed by atoms with Crippen LogP contribution < -0.4 is 5.32 Å². The van der Waals surface area contributed by atoms with Crippen LogP contribution in [-0.4, -0.2) is 17.6 Å². The van der Waals surface area contributed by atoms with Crippen molar-refractivity contribution in [2.45, 2.75) is 38.6 Å². The van der Waals surface area contributed by atoms with Gasteiger partial charge in [0.15, 0.2) is 0 Å². The standard InChI is InChI=1S/C15H19NO2S/c17-7-2-1-4-13-8-14(19-11-13)10-16-15(18)9-12-5-3-6-12/h8,11-12,17H,2-3,5-7,9-10H2,(H,16,18). The number of aliphatic hydroxyl groups excluding tert-OH is 1. The molecule has 19 heavy (non-hydrogen) atoms. The predicted molar refractivity (Wildman–Crippen MR) is 76.7 cm³/mol. The smallest absolute Gasteiger partial charge is 0.220 e. The van der Waals surface area contributed by atoms with Gasteiger partial charge in [-0.05, 0) is 24.8 Å². The fourth-order valence-corrected chi connectivity index (χ4v) is 2.73. The quantitative estimate of drug-likeness (QED) is 0.811. The topological polar surface area (TPSA) is 49.3 Å². The molecule has 0 bridgehead atoms. The highest BCUT2D eigenvalue weighted by Crippen LogP contribution is 2.29. The molecule has 2 rings (SSSR count). The van der Waals surface area contributed by atoms with Crippen LogP contribution in [0, 0.1) is 17.8 Å². The Bertz CT molecular complexity index is 480. The van der Waals surface area contributed by atoms with Gasteiger partial charge in [0.2, 0.25) is 5.91 Å². The summed E-state index contributed by atoms with van der Waals surface area (Å²) in [5.41, 5.74) is 0.960. The Morgan fingerprint density at radius 3 is 3.05 bits per heavy atom. The van der Waals surface area contributed by atoms with Crippen LogP contribution in [0.4, 0.5) is 0 Å². The number of carbonyl (C=O) groups excluding carboxylic acids is 1. The lowest BCUT2D eigenvalue weighted by atomic mass is 9.83. The molecule has 102 valence electrons. The minimum absolute atomic E-state index is 0.0984. The molecule has 2 N–H and O–H groups in total. The molecule has 1 fully saturated rings. The molecule has 1 aromatic rings. The third kappa shape index (κ3) is 4.70. The van der Waals surface area contributed by atoms with Gasteiger partial charge in [-0.25, -0.2) is 0 Å². The Hall–Kier alpha value is -1.31. The number of thiophene rings is 1. The summed E-state index contributed by atoms with van der Waals surface area (Å²) in [6.45, 7) is 0.694. The predicted octanol–water partition coefficient (Wildman–Crippen LogP) is 2.29. The molecule has 1 amide bonds. The highest BCUT2D eigenvalue weighted by molar-refractivity contribution is 7.10. The van der Waals surface area contributed by atoms with Crippen LogP contribution in [0.5, 0.6) is 0 Å². The summed E-state index contributed by atoms with van der Waals surface area (Å²) in [4.78, 5) is 12.8. The molecule has 1 aromatic heterocycles. The fourth-order valence-electron chi connectivity index (χ4n) is 1.98. The number of hydrogen-bond donors (Lipinski definition) is 2. The van der Waals surface area contributed by atoms with Crippen LogP contribution in [0.2, 0.25) is 0 Å². The summed E-state index contributed by atoms with van der Waals surface area (Å²) in [7, 11) is 0. The van der Waals surface area contributed by atoms with E-state index in [0.29, 0.717) is 25.3 Å². The van der Waals surface area contributed by atoms with E-state index >= 15 is 0 Å². The third-order valence-electron chi connectivity index (χ3n) is 3.28. The molecule has 3 nitrogen and oxygen atoms in total. The van der Waals surface area contributed by atoms with Gasteiger partial charge in [0, 0.05) is 28.7 Å². The Kier molecular flexibility index (Phi) is 5.44. The summed E-state index contributed by atoms with van der Waals surface area (Å²) in [6, 6.07) is 2.00. The van der Waals surface area contributed by atoms with Gasteiger partial charge in [-0.3, -0.25) is 4.79 Å². The Morgan fingerprint density at radius 1 is 1.53 bits per heavy atom. The van der Waals surface area contributed by atoms with E-state index in [2.05, 4.69) is 17.2 Å². The first-order valence-electron chi connectivity index (χ1n) is 6.72. The number of nitrogens with one attached hydrogen (secondary N) is 1. The zero-order valence-corrected chi connectivity index (χ0v) is 11.8. The van der Waals surface area contributed by atoms with Crippen LogP contribution in [-0.2, 0) is 11.3 Å². The summed E-state index contributed by atoms with van der Waals surface area (Å²) < 4.78 is 0. The van der Waals surface area contributed by atoms with Crippen molar-refractivity contribution in [3.8, 4) is 11.8 Å². The van der Waals surface area contributed by atoms with Crippen LogP contribution in [0.15, 0.2) is 11.4 Å². The maximum atomic E-state index is 11.7. The maximum absolute atomic E-state index is 11.7. The molecule has 1 aliphatic rings. The van der Waals surface area contributed by atoms with E-state index in [9.17, 15) is 4.79 Å². The lowest BCUT2D eigenvalue weighted by Gasteiger charge is -2.24. The average Bonchev–Trinajstić information content (AvgIpc) is 2.80. The number of amides is 1. The number of carbonyl (C=O) groups is 1. The summed E-state index contributed by atoms with van der Waals surface area (Å²) in [5.74, 6) is 6.65. The van der Waals surface area contributed by atoms with Gasteiger partial charge in [0.05, 0.1) is 13.2 Å². The van der Waals surface area contributed by atoms with Gasteiger partial charge in [-0.2, -0.15) is 0 Å². The zero-order chi connectivity index (χ0) is 13.5. The van der Waals surface area contributed by atoms with Gasteiger partial charge < -0.3 is 10.4 Å². The summed E-state index contributed by atoms with van der Waals surface area (Å²) >= 11 is 1.61. The number of hydrogen-bond acceptors (Lipinski definition) is 3. The zero-order valence-electron chi connectivity index (χ0n) is 10.9. The number of aliphatic hydroxyl groups is 1. The minimum atomic E-state index is 0.0984. The average molecular weight is 277 g/mol. The molecule has 0 unspecified atom stereocenters. The highest BCUT2D eigenvalue weighted by Gasteiger charge is 2.20. The first kappa shape index (κ1) is 14.1. The van der Waals surface area contributed by atoms with E-state index in [4.69, 9.17) is 5.11 Å². The molecular formula is C15H19NO2S. The van der Waals surface area contributed by atoms with Crippen molar-refractivity contribution >= 4 is 17.2 Å².